The van der Waals surface area contributed by atoms with Crippen molar-refractivity contribution in [3.8, 4) is 5.88 Å². The second kappa shape index (κ2) is 4.33. The summed E-state index contributed by atoms with van der Waals surface area (Å²) in [4.78, 5) is 11.9. The average Bonchev–Trinajstić information content (AvgIpc) is 2.73. The van der Waals surface area contributed by atoms with E-state index in [1.54, 1.807) is 0 Å². The lowest BCUT2D eigenvalue weighted by Gasteiger charge is -2.18. The number of ether oxygens (including phenoxy) is 1. The molecule has 3 N–H and O–H groups in total. The van der Waals surface area contributed by atoms with Crippen LogP contribution in [0.2, 0.25) is 0 Å². The van der Waals surface area contributed by atoms with E-state index in [0.29, 0.717) is 18.1 Å². The van der Waals surface area contributed by atoms with Gasteiger partial charge in [0, 0.05) is 6.07 Å². The van der Waals surface area contributed by atoms with Crippen LogP contribution in [0, 0.1) is 0 Å². The maximum absolute atomic E-state index is 6.15. The molecule has 0 saturated heterocycles. The topological polar surface area (TPSA) is 76.8 Å². The molecule has 17 heavy (non-hydrogen) atoms. The van der Waals surface area contributed by atoms with Crippen molar-refractivity contribution >= 4 is 11.2 Å². The largest absolute Gasteiger partial charge is 0.478 e. The standard InChI is InChI=1S/C12H18N4O/c1-4-12(3,13)11-14-8-6-7-9(17-5-2)15-10(8)16-11/h6-7H,4-5,13H2,1-3H3,(H,14,15,16). The lowest BCUT2D eigenvalue weighted by Crippen LogP contribution is -2.33. The predicted octanol–water partition coefficient (Wildman–Crippen LogP) is 1.94. The molecular weight excluding hydrogens is 216 g/mol. The zero-order valence-corrected chi connectivity index (χ0v) is 10.4. The molecule has 0 bridgehead atoms. The fourth-order valence-electron chi connectivity index (χ4n) is 1.54. The van der Waals surface area contributed by atoms with Crippen molar-refractivity contribution in [1.82, 2.24) is 15.0 Å². The van der Waals surface area contributed by atoms with Gasteiger partial charge in [-0.15, -0.1) is 0 Å². The summed E-state index contributed by atoms with van der Waals surface area (Å²) in [6.07, 6.45) is 0.811. The Hall–Kier alpha value is -1.62. The van der Waals surface area contributed by atoms with Crippen LogP contribution >= 0.6 is 0 Å². The van der Waals surface area contributed by atoms with Gasteiger partial charge in [0.05, 0.1) is 17.7 Å². The molecule has 0 saturated carbocycles. The highest BCUT2D eigenvalue weighted by Crippen LogP contribution is 2.22. The van der Waals surface area contributed by atoms with E-state index in [4.69, 9.17) is 10.5 Å². The molecule has 0 aliphatic carbocycles. The number of aromatic amines is 1. The zero-order valence-electron chi connectivity index (χ0n) is 10.4. The number of rotatable bonds is 4. The number of fused-ring (bicyclic) bond motifs is 1. The van der Waals surface area contributed by atoms with E-state index in [2.05, 4.69) is 15.0 Å². The van der Waals surface area contributed by atoms with Crippen LogP contribution < -0.4 is 10.5 Å². The first kappa shape index (κ1) is 11.9. The number of imidazole rings is 1. The van der Waals surface area contributed by atoms with Gasteiger partial charge in [0.25, 0.3) is 0 Å². The molecule has 92 valence electrons. The summed E-state index contributed by atoms with van der Waals surface area (Å²) in [5, 5.41) is 0. The zero-order chi connectivity index (χ0) is 12.5. The van der Waals surface area contributed by atoms with Gasteiger partial charge in [0.2, 0.25) is 5.88 Å². The van der Waals surface area contributed by atoms with E-state index < -0.39 is 5.54 Å². The molecule has 0 aliphatic rings. The smallest absolute Gasteiger partial charge is 0.215 e. The quantitative estimate of drug-likeness (QED) is 0.847. The molecule has 2 rings (SSSR count). The molecule has 1 unspecified atom stereocenters. The van der Waals surface area contributed by atoms with E-state index in [-0.39, 0.29) is 0 Å². The van der Waals surface area contributed by atoms with E-state index >= 15 is 0 Å². The van der Waals surface area contributed by atoms with Gasteiger partial charge in [-0.25, -0.2) is 4.98 Å². The van der Waals surface area contributed by atoms with Crippen LogP contribution in [0.25, 0.3) is 11.2 Å². The fourth-order valence-corrected chi connectivity index (χ4v) is 1.54. The number of nitrogens with two attached hydrogens (primary N) is 1. The molecule has 0 amide bonds. The molecule has 0 radical (unpaired) electrons. The Morgan fingerprint density at radius 3 is 2.76 bits per heavy atom. The molecule has 0 spiro atoms. The van der Waals surface area contributed by atoms with Crippen molar-refractivity contribution in [2.24, 2.45) is 5.73 Å². The Kier molecular flexibility index (Phi) is 3.02. The van der Waals surface area contributed by atoms with Crippen molar-refractivity contribution < 1.29 is 4.74 Å². The number of nitrogens with zero attached hydrogens (tertiary/aromatic N) is 2. The van der Waals surface area contributed by atoms with Gasteiger partial charge in [-0.3, -0.25) is 0 Å². The Bertz CT molecular complexity index is 518. The van der Waals surface area contributed by atoms with Gasteiger partial charge in [0.15, 0.2) is 5.65 Å². The summed E-state index contributed by atoms with van der Waals surface area (Å²) < 4.78 is 5.34. The van der Waals surface area contributed by atoms with Crippen molar-refractivity contribution in [3.63, 3.8) is 0 Å². The lowest BCUT2D eigenvalue weighted by molar-refractivity contribution is 0.328. The van der Waals surface area contributed by atoms with Crippen LogP contribution in [-0.4, -0.2) is 21.6 Å². The molecule has 2 aromatic heterocycles. The fraction of sp³-hybridized carbons (Fsp3) is 0.500. The first-order chi connectivity index (χ1) is 8.06. The van der Waals surface area contributed by atoms with Crippen LogP contribution in [0.4, 0.5) is 0 Å². The average molecular weight is 234 g/mol. The van der Waals surface area contributed by atoms with Crippen molar-refractivity contribution in [2.75, 3.05) is 6.61 Å². The summed E-state index contributed by atoms with van der Waals surface area (Å²) in [5.41, 5.74) is 7.23. The summed E-state index contributed by atoms with van der Waals surface area (Å²) >= 11 is 0. The van der Waals surface area contributed by atoms with Gasteiger partial charge in [-0.1, -0.05) is 6.92 Å². The van der Waals surface area contributed by atoms with Gasteiger partial charge in [-0.05, 0) is 26.3 Å². The number of pyridine rings is 1. The third-order valence-corrected chi connectivity index (χ3v) is 2.89. The molecule has 0 aliphatic heterocycles. The molecule has 5 heteroatoms. The summed E-state index contributed by atoms with van der Waals surface area (Å²) in [6, 6.07) is 3.74. The highest BCUT2D eigenvalue weighted by molar-refractivity contribution is 5.71. The van der Waals surface area contributed by atoms with Crippen LogP contribution in [0.15, 0.2) is 12.1 Å². The SMILES string of the molecule is CCOc1ccc2[nH]c(C(C)(N)CC)nc2n1. The van der Waals surface area contributed by atoms with Crippen molar-refractivity contribution in [2.45, 2.75) is 32.7 Å². The van der Waals surface area contributed by atoms with Gasteiger partial charge in [0.1, 0.15) is 5.82 Å². The van der Waals surface area contributed by atoms with Gasteiger partial charge < -0.3 is 15.5 Å². The van der Waals surface area contributed by atoms with Gasteiger partial charge >= 0.3 is 0 Å². The Morgan fingerprint density at radius 1 is 1.35 bits per heavy atom. The van der Waals surface area contributed by atoms with Crippen LogP contribution in [-0.2, 0) is 5.54 Å². The molecule has 2 heterocycles. The normalized spacial score (nSPS) is 14.8. The molecule has 5 nitrogen and oxygen atoms in total. The minimum atomic E-state index is -0.452. The van der Waals surface area contributed by atoms with Crippen LogP contribution in [0.5, 0.6) is 5.88 Å². The highest BCUT2D eigenvalue weighted by Gasteiger charge is 2.23. The van der Waals surface area contributed by atoms with E-state index in [0.717, 1.165) is 17.8 Å². The van der Waals surface area contributed by atoms with Crippen molar-refractivity contribution in [1.29, 1.82) is 0 Å². The second-order valence-corrected chi connectivity index (χ2v) is 4.31. The molecule has 2 aromatic rings. The molecule has 1 atom stereocenters. The Labute approximate surface area is 100 Å². The maximum Gasteiger partial charge on any atom is 0.215 e. The predicted molar refractivity (Wildman–Crippen MR) is 66.9 cm³/mol. The minimum Gasteiger partial charge on any atom is -0.478 e. The highest BCUT2D eigenvalue weighted by atomic mass is 16.5. The monoisotopic (exact) mass is 234 g/mol. The second-order valence-electron chi connectivity index (χ2n) is 4.31. The Balaban J connectivity index is 2.43. The third-order valence-electron chi connectivity index (χ3n) is 2.89. The van der Waals surface area contributed by atoms with Crippen molar-refractivity contribution in [3.05, 3.63) is 18.0 Å². The number of nitrogens with one attached hydrogen (secondary N) is 1. The van der Waals surface area contributed by atoms with E-state index in [9.17, 15) is 0 Å². The molecule has 0 fully saturated rings. The van der Waals surface area contributed by atoms with Crippen LogP contribution in [0.3, 0.4) is 0 Å². The minimum absolute atomic E-state index is 0.452. The van der Waals surface area contributed by atoms with Crippen LogP contribution in [0.1, 0.15) is 33.0 Å². The first-order valence-electron chi connectivity index (χ1n) is 5.85. The van der Waals surface area contributed by atoms with E-state index in [1.165, 1.54) is 0 Å². The number of H-pyrrole nitrogens is 1. The molecular formula is C12H18N4O. The molecule has 0 aromatic carbocycles. The first-order valence-corrected chi connectivity index (χ1v) is 5.85. The third kappa shape index (κ3) is 2.24. The summed E-state index contributed by atoms with van der Waals surface area (Å²) in [6.45, 7) is 6.51. The Morgan fingerprint density at radius 2 is 2.12 bits per heavy atom. The van der Waals surface area contributed by atoms with E-state index in [1.807, 2.05) is 32.9 Å². The number of hydrogen-bond acceptors (Lipinski definition) is 4. The number of hydrogen-bond donors (Lipinski definition) is 2. The number of aromatic nitrogens is 3. The summed E-state index contributed by atoms with van der Waals surface area (Å²) in [5.74, 6) is 1.35. The summed E-state index contributed by atoms with van der Waals surface area (Å²) in [7, 11) is 0. The maximum atomic E-state index is 6.15. The lowest BCUT2D eigenvalue weighted by atomic mass is 10.0. The van der Waals surface area contributed by atoms with Gasteiger partial charge in [-0.2, -0.15) is 4.98 Å².